The Morgan fingerprint density at radius 1 is 0.247 bits per heavy atom. The Morgan fingerprint density at radius 2 is 0.444 bits per heavy atom. The van der Waals surface area contributed by atoms with Gasteiger partial charge in [0.25, 0.3) is 0 Å². The highest BCUT2D eigenvalue weighted by molar-refractivity contribution is 5.71. The van der Waals surface area contributed by atoms with Crippen LogP contribution in [-0.2, 0) is 28.6 Å². The predicted octanol–water partition coefficient (Wildman–Crippen LogP) is 24.2. The van der Waals surface area contributed by atoms with Crippen LogP contribution in [0.4, 0.5) is 0 Å². The number of unbranched alkanes of at least 4 members (excludes halogenated alkanes) is 39. The number of carbonyl (C=O) groups is 3. The van der Waals surface area contributed by atoms with Crippen molar-refractivity contribution in [1.29, 1.82) is 0 Å². The molecule has 6 heteroatoms. The summed E-state index contributed by atoms with van der Waals surface area (Å²) in [5.74, 6) is -0.882. The molecular weight excluding hydrogens is 997 g/mol. The number of ether oxygens (including phenoxy) is 3. The summed E-state index contributed by atoms with van der Waals surface area (Å²) in [6.45, 7) is 6.61. The minimum Gasteiger partial charge on any atom is -0.462 e. The first kappa shape index (κ1) is 77.6. The Bertz CT molecular complexity index is 1530. The van der Waals surface area contributed by atoms with E-state index in [1.807, 2.05) is 0 Å². The van der Waals surface area contributed by atoms with Gasteiger partial charge >= 0.3 is 17.9 Å². The van der Waals surface area contributed by atoms with E-state index in [4.69, 9.17) is 14.2 Å². The summed E-state index contributed by atoms with van der Waals surface area (Å²) in [4.78, 5) is 38.5. The van der Waals surface area contributed by atoms with Crippen molar-refractivity contribution in [3.63, 3.8) is 0 Å². The lowest BCUT2D eigenvalue weighted by Crippen LogP contribution is -2.30. The van der Waals surface area contributed by atoms with Crippen molar-refractivity contribution in [2.24, 2.45) is 0 Å². The van der Waals surface area contributed by atoms with E-state index < -0.39 is 6.10 Å². The lowest BCUT2D eigenvalue weighted by Gasteiger charge is -2.18. The van der Waals surface area contributed by atoms with Crippen molar-refractivity contribution < 1.29 is 28.6 Å². The van der Waals surface area contributed by atoms with E-state index in [0.717, 1.165) is 96.3 Å². The topological polar surface area (TPSA) is 78.9 Å². The summed E-state index contributed by atoms with van der Waals surface area (Å²) in [6.07, 6.45) is 91.6. The van der Waals surface area contributed by atoms with Crippen LogP contribution in [0, 0.1) is 0 Å². The van der Waals surface area contributed by atoms with Crippen LogP contribution in [0.1, 0.15) is 355 Å². The van der Waals surface area contributed by atoms with Crippen molar-refractivity contribution in [3.8, 4) is 0 Å². The minimum atomic E-state index is -0.788. The molecule has 0 aliphatic carbocycles. The van der Waals surface area contributed by atoms with Crippen molar-refractivity contribution >= 4 is 17.9 Å². The molecule has 0 saturated carbocycles. The van der Waals surface area contributed by atoms with Crippen LogP contribution in [0.2, 0.25) is 0 Å². The molecule has 0 aromatic carbocycles. The van der Waals surface area contributed by atoms with E-state index in [1.165, 1.54) is 218 Å². The Morgan fingerprint density at radius 3 is 0.716 bits per heavy atom. The quantitative estimate of drug-likeness (QED) is 0.0261. The molecule has 0 rings (SSSR count). The molecule has 0 saturated heterocycles. The van der Waals surface area contributed by atoms with E-state index in [-0.39, 0.29) is 31.1 Å². The van der Waals surface area contributed by atoms with Crippen molar-refractivity contribution in [2.75, 3.05) is 13.2 Å². The summed E-state index contributed by atoms with van der Waals surface area (Å²) in [6, 6.07) is 0. The normalized spacial score (nSPS) is 12.6. The van der Waals surface area contributed by atoms with Gasteiger partial charge in [-0.25, -0.2) is 0 Å². The molecule has 0 aromatic rings. The number of hydrogen-bond donors (Lipinski definition) is 0. The summed E-state index contributed by atoms with van der Waals surface area (Å²) in [5.41, 5.74) is 0. The molecule has 0 aromatic heterocycles. The van der Waals surface area contributed by atoms with Gasteiger partial charge < -0.3 is 14.2 Å². The number of hydrogen-bond acceptors (Lipinski definition) is 6. The van der Waals surface area contributed by atoms with Crippen molar-refractivity contribution in [2.45, 2.75) is 361 Å². The van der Waals surface area contributed by atoms with E-state index in [1.54, 1.807) is 0 Å². The lowest BCUT2D eigenvalue weighted by atomic mass is 10.0. The zero-order valence-corrected chi connectivity index (χ0v) is 53.8. The molecule has 0 fully saturated rings. The molecule has 0 radical (unpaired) electrons. The minimum absolute atomic E-state index is 0.0819. The third-order valence-corrected chi connectivity index (χ3v) is 15.3. The fourth-order valence-corrected chi connectivity index (χ4v) is 10.0. The second kappa shape index (κ2) is 69.1. The second-order valence-corrected chi connectivity index (χ2v) is 23.4. The zero-order valence-electron chi connectivity index (χ0n) is 53.8. The summed E-state index contributed by atoms with van der Waals surface area (Å²) < 4.78 is 17.0. The second-order valence-electron chi connectivity index (χ2n) is 23.4. The van der Waals surface area contributed by atoms with Crippen LogP contribution in [0.5, 0.6) is 0 Å². The van der Waals surface area contributed by atoms with Gasteiger partial charge in [-0.05, 0) is 122 Å². The summed E-state index contributed by atoms with van der Waals surface area (Å²) in [5, 5.41) is 0. The fourth-order valence-electron chi connectivity index (χ4n) is 10.0. The summed E-state index contributed by atoms with van der Waals surface area (Å²) >= 11 is 0. The Balaban J connectivity index is 4.36. The third-order valence-electron chi connectivity index (χ3n) is 15.3. The number of esters is 3. The maximum atomic E-state index is 13.0. The molecule has 0 spiro atoms. The van der Waals surface area contributed by atoms with E-state index in [0.29, 0.717) is 19.3 Å². The molecule has 1 unspecified atom stereocenters. The summed E-state index contributed by atoms with van der Waals surface area (Å²) in [7, 11) is 0. The zero-order chi connectivity index (χ0) is 58.5. The molecule has 0 N–H and O–H groups in total. The van der Waals surface area contributed by atoms with Crippen molar-refractivity contribution in [1.82, 2.24) is 0 Å². The fraction of sp³-hybridized carbons (Fsp3) is 0.773. The predicted molar refractivity (Wildman–Crippen MR) is 353 cm³/mol. The highest BCUT2D eigenvalue weighted by atomic mass is 16.6. The van der Waals surface area contributed by atoms with Crippen LogP contribution in [0.3, 0.4) is 0 Å². The highest BCUT2D eigenvalue weighted by Crippen LogP contribution is 2.17. The van der Waals surface area contributed by atoms with Crippen LogP contribution < -0.4 is 0 Å². The average molecular weight is 1130 g/mol. The van der Waals surface area contributed by atoms with E-state index >= 15 is 0 Å². The smallest absolute Gasteiger partial charge is 0.306 e. The Hall–Kier alpha value is -3.41. The first-order valence-corrected chi connectivity index (χ1v) is 35.1. The lowest BCUT2D eigenvalue weighted by molar-refractivity contribution is -0.167. The molecular formula is C75H132O6. The Kier molecular flexibility index (Phi) is 66.2. The van der Waals surface area contributed by atoms with Gasteiger partial charge in [-0.1, -0.05) is 298 Å². The molecule has 468 valence electrons. The highest BCUT2D eigenvalue weighted by Gasteiger charge is 2.19. The number of allylic oxidation sites excluding steroid dienone is 14. The first-order valence-electron chi connectivity index (χ1n) is 35.1. The van der Waals surface area contributed by atoms with Gasteiger partial charge in [-0.3, -0.25) is 14.4 Å². The third kappa shape index (κ3) is 67.3. The SMILES string of the molecule is CCCCC/C=C\C/C=C\C/C=C\CCCCCCCCC(=O)OC(COC(=O)CCCCCCCCCCC/C=C\C/C=C\CCCCC)COC(=O)CCCCCCCCCCCCCCC/C=C\C/C=C\CCCCCCC. The molecule has 1 atom stereocenters. The van der Waals surface area contributed by atoms with Crippen LogP contribution in [0.15, 0.2) is 85.1 Å². The van der Waals surface area contributed by atoms with Crippen LogP contribution in [-0.4, -0.2) is 37.2 Å². The van der Waals surface area contributed by atoms with Crippen molar-refractivity contribution in [3.05, 3.63) is 85.1 Å². The van der Waals surface area contributed by atoms with Gasteiger partial charge in [-0.15, -0.1) is 0 Å². The van der Waals surface area contributed by atoms with E-state index in [2.05, 4.69) is 106 Å². The molecule has 6 nitrogen and oxygen atoms in total. The van der Waals surface area contributed by atoms with Gasteiger partial charge in [0.15, 0.2) is 6.10 Å². The largest absolute Gasteiger partial charge is 0.462 e. The molecule has 0 aliphatic heterocycles. The Labute approximate surface area is 503 Å². The molecule has 0 heterocycles. The van der Waals surface area contributed by atoms with Gasteiger partial charge in [0.05, 0.1) is 0 Å². The van der Waals surface area contributed by atoms with E-state index in [9.17, 15) is 14.4 Å². The van der Waals surface area contributed by atoms with Gasteiger partial charge in [-0.2, -0.15) is 0 Å². The van der Waals surface area contributed by atoms with Gasteiger partial charge in [0.1, 0.15) is 13.2 Å². The van der Waals surface area contributed by atoms with Crippen LogP contribution >= 0.6 is 0 Å². The maximum Gasteiger partial charge on any atom is 0.306 e. The average Bonchev–Trinajstić information content (AvgIpc) is 3.47. The molecule has 81 heavy (non-hydrogen) atoms. The van der Waals surface area contributed by atoms with Crippen LogP contribution in [0.25, 0.3) is 0 Å². The first-order chi connectivity index (χ1) is 40.0. The standard InChI is InChI=1S/C75H132O6/c1-4-7-10-13-16-19-22-25-28-31-34-35-36-37-38-39-42-44-47-50-53-56-59-62-65-68-74(77)80-71-72(81-75(78)69-66-63-60-57-54-51-48-45-41-33-30-27-24-21-18-15-12-9-6-3)70-79-73(76)67-64-61-58-55-52-49-46-43-40-32-29-26-23-20-17-14-11-8-5-2/h17-18,20-22,25-27,29-31,34,41,45,72H,4-16,19,23-24,28,32-33,35-40,42-44,46-71H2,1-3H3/b20-17-,21-18-,25-22-,29-26-,30-27-,34-31-,45-41-. The molecule has 0 bridgehead atoms. The number of rotatable bonds is 64. The number of carbonyl (C=O) groups excluding carboxylic acids is 3. The monoisotopic (exact) mass is 1130 g/mol. The van der Waals surface area contributed by atoms with Gasteiger partial charge in [0.2, 0.25) is 0 Å². The van der Waals surface area contributed by atoms with Gasteiger partial charge in [0, 0.05) is 19.3 Å². The molecule has 0 aliphatic rings. The molecule has 0 amide bonds. The maximum absolute atomic E-state index is 13.0.